The Balaban J connectivity index is 3.50. The van der Waals surface area contributed by atoms with Gasteiger partial charge in [0, 0.05) is 23.7 Å². The first kappa shape index (κ1) is 14.8. The van der Waals surface area contributed by atoms with E-state index in [1.54, 1.807) is 18.4 Å². The van der Waals surface area contributed by atoms with Gasteiger partial charge in [-0.05, 0) is 24.0 Å². The number of halogens is 1. The lowest BCUT2D eigenvalue weighted by molar-refractivity contribution is 0.273. The van der Waals surface area contributed by atoms with E-state index < -0.39 is 9.84 Å². The molecule has 0 aliphatic carbocycles. The summed E-state index contributed by atoms with van der Waals surface area (Å²) in [4.78, 5) is 0.788. The number of hydrogen-bond acceptors (Lipinski definition) is 4. The molecule has 0 heterocycles. The monoisotopic (exact) mass is 294 g/mol. The summed E-state index contributed by atoms with van der Waals surface area (Å²) in [5.74, 6) is -0.135. The van der Waals surface area contributed by atoms with Gasteiger partial charge in [-0.25, -0.2) is 8.42 Å². The summed E-state index contributed by atoms with van der Waals surface area (Å²) >= 11 is 7.38. The zero-order valence-electron chi connectivity index (χ0n) is 9.90. The van der Waals surface area contributed by atoms with Crippen molar-refractivity contribution in [2.75, 3.05) is 19.1 Å². The SMILES string of the molecule is CSc1c(Cl)cc(C(C)CO)cc1S(C)(=O)=O. The van der Waals surface area contributed by atoms with Crippen LogP contribution in [0.3, 0.4) is 0 Å². The highest BCUT2D eigenvalue weighted by molar-refractivity contribution is 7.99. The molecule has 1 rings (SSSR count). The van der Waals surface area contributed by atoms with Gasteiger partial charge in [-0.2, -0.15) is 0 Å². The van der Waals surface area contributed by atoms with E-state index in [0.29, 0.717) is 9.92 Å². The van der Waals surface area contributed by atoms with Crippen molar-refractivity contribution in [2.24, 2.45) is 0 Å². The summed E-state index contributed by atoms with van der Waals surface area (Å²) in [6.45, 7) is 1.77. The number of aliphatic hydroxyl groups excluding tert-OH is 1. The van der Waals surface area contributed by atoms with Crippen molar-refractivity contribution >= 4 is 33.2 Å². The average molecular weight is 295 g/mol. The number of thioether (sulfide) groups is 1. The number of sulfone groups is 1. The minimum Gasteiger partial charge on any atom is -0.396 e. The van der Waals surface area contributed by atoms with Gasteiger partial charge in [-0.15, -0.1) is 11.8 Å². The molecule has 0 aliphatic heterocycles. The van der Waals surface area contributed by atoms with Gasteiger partial charge in [0.15, 0.2) is 9.84 Å². The fraction of sp³-hybridized carbons (Fsp3) is 0.455. The summed E-state index contributed by atoms with van der Waals surface area (Å²) in [6.07, 6.45) is 2.94. The molecule has 1 unspecified atom stereocenters. The van der Waals surface area contributed by atoms with Crippen molar-refractivity contribution in [3.8, 4) is 0 Å². The largest absolute Gasteiger partial charge is 0.396 e. The second-order valence-corrected chi connectivity index (χ2v) is 7.10. The van der Waals surface area contributed by atoms with Crippen LogP contribution in [-0.4, -0.2) is 32.6 Å². The lowest BCUT2D eigenvalue weighted by Gasteiger charge is -2.14. The maximum absolute atomic E-state index is 11.7. The molecule has 0 aliphatic rings. The molecule has 0 fully saturated rings. The van der Waals surface area contributed by atoms with Gasteiger partial charge in [0.05, 0.1) is 9.92 Å². The molecule has 0 radical (unpaired) electrons. The van der Waals surface area contributed by atoms with E-state index in [0.717, 1.165) is 11.8 Å². The van der Waals surface area contributed by atoms with Gasteiger partial charge >= 0.3 is 0 Å². The highest BCUT2D eigenvalue weighted by Gasteiger charge is 2.19. The van der Waals surface area contributed by atoms with Crippen LogP contribution in [0.2, 0.25) is 5.02 Å². The van der Waals surface area contributed by atoms with Crippen LogP contribution in [0.5, 0.6) is 0 Å². The zero-order chi connectivity index (χ0) is 13.2. The summed E-state index contributed by atoms with van der Waals surface area (Å²) in [6, 6.07) is 3.30. The van der Waals surface area contributed by atoms with Crippen molar-refractivity contribution < 1.29 is 13.5 Å². The van der Waals surface area contributed by atoms with Gasteiger partial charge in [-0.1, -0.05) is 18.5 Å². The second-order valence-electron chi connectivity index (χ2n) is 3.89. The predicted octanol–water partition coefficient (Wildman–Crippen LogP) is 2.56. The Morgan fingerprint density at radius 3 is 2.47 bits per heavy atom. The Kier molecular flexibility index (Phi) is 4.89. The zero-order valence-corrected chi connectivity index (χ0v) is 12.3. The molecule has 1 atom stereocenters. The van der Waals surface area contributed by atoms with Crippen LogP contribution in [0.4, 0.5) is 0 Å². The normalized spacial score (nSPS) is 13.7. The highest BCUT2D eigenvalue weighted by Crippen LogP contribution is 2.35. The van der Waals surface area contributed by atoms with Crippen LogP contribution in [0, 0.1) is 0 Å². The summed E-state index contributed by atoms with van der Waals surface area (Å²) in [5, 5.41) is 9.51. The van der Waals surface area contributed by atoms with Crippen LogP contribution < -0.4 is 0 Å². The molecule has 0 bridgehead atoms. The minimum atomic E-state index is -3.32. The van der Waals surface area contributed by atoms with Crippen molar-refractivity contribution in [3.05, 3.63) is 22.7 Å². The molecule has 0 saturated carbocycles. The Bertz CT molecular complexity index is 512. The highest BCUT2D eigenvalue weighted by atomic mass is 35.5. The molecular formula is C11H15ClO3S2. The fourth-order valence-electron chi connectivity index (χ4n) is 1.45. The third-order valence-corrected chi connectivity index (χ3v) is 4.99. The molecule has 96 valence electrons. The number of rotatable bonds is 4. The number of aliphatic hydroxyl groups is 1. The van der Waals surface area contributed by atoms with Gasteiger partial charge in [-0.3, -0.25) is 0 Å². The Labute approximate surface area is 111 Å². The minimum absolute atomic E-state index is 0.0435. The van der Waals surface area contributed by atoms with E-state index >= 15 is 0 Å². The lowest BCUT2D eigenvalue weighted by Crippen LogP contribution is -2.05. The van der Waals surface area contributed by atoms with Gasteiger partial charge in [0.2, 0.25) is 0 Å². The summed E-state index contributed by atoms with van der Waals surface area (Å²) in [5.41, 5.74) is 0.732. The Hall–Kier alpha value is -0.230. The quantitative estimate of drug-likeness (QED) is 0.867. The van der Waals surface area contributed by atoms with Crippen LogP contribution >= 0.6 is 23.4 Å². The Morgan fingerprint density at radius 2 is 2.06 bits per heavy atom. The molecule has 1 aromatic rings. The van der Waals surface area contributed by atoms with Crippen LogP contribution in [0.1, 0.15) is 18.4 Å². The van der Waals surface area contributed by atoms with Gasteiger partial charge in [0.1, 0.15) is 0 Å². The first-order valence-corrected chi connectivity index (χ1v) is 8.49. The topological polar surface area (TPSA) is 54.4 Å². The third-order valence-electron chi connectivity index (χ3n) is 2.48. The molecule has 6 heteroatoms. The van der Waals surface area contributed by atoms with Gasteiger partial charge in [0.25, 0.3) is 0 Å². The maximum Gasteiger partial charge on any atom is 0.176 e. The van der Waals surface area contributed by atoms with E-state index in [1.165, 1.54) is 11.8 Å². The molecule has 1 aromatic carbocycles. The number of benzene rings is 1. The van der Waals surface area contributed by atoms with E-state index in [4.69, 9.17) is 16.7 Å². The van der Waals surface area contributed by atoms with E-state index in [-0.39, 0.29) is 17.4 Å². The summed E-state index contributed by atoms with van der Waals surface area (Å²) in [7, 11) is -3.32. The standard InChI is InChI=1S/C11H15ClO3S2/c1-7(6-13)8-4-9(12)11(16-2)10(5-8)17(3,14)15/h4-5,7,13H,6H2,1-3H3. The van der Waals surface area contributed by atoms with Crippen molar-refractivity contribution in [1.29, 1.82) is 0 Å². The Morgan fingerprint density at radius 1 is 1.47 bits per heavy atom. The molecule has 0 saturated heterocycles. The maximum atomic E-state index is 11.7. The molecular weight excluding hydrogens is 280 g/mol. The predicted molar refractivity (Wildman–Crippen MR) is 71.8 cm³/mol. The van der Waals surface area contributed by atoms with Crippen molar-refractivity contribution in [1.82, 2.24) is 0 Å². The average Bonchev–Trinajstić information content (AvgIpc) is 2.25. The van der Waals surface area contributed by atoms with E-state index in [2.05, 4.69) is 0 Å². The van der Waals surface area contributed by atoms with Crippen molar-refractivity contribution in [2.45, 2.75) is 22.6 Å². The molecule has 0 aromatic heterocycles. The summed E-state index contributed by atoms with van der Waals surface area (Å²) < 4.78 is 23.4. The van der Waals surface area contributed by atoms with Crippen molar-refractivity contribution in [3.63, 3.8) is 0 Å². The number of hydrogen-bond donors (Lipinski definition) is 1. The van der Waals surface area contributed by atoms with E-state index in [1.807, 2.05) is 6.92 Å². The second kappa shape index (κ2) is 5.61. The third kappa shape index (κ3) is 3.37. The molecule has 1 N–H and O–H groups in total. The first-order chi connectivity index (χ1) is 7.81. The first-order valence-electron chi connectivity index (χ1n) is 4.99. The molecule has 3 nitrogen and oxygen atoms in total. The molecule has 0 spiro atoms. The van der Waals surface area contributed by atoms with E-state index in [9.17, 15) is 8.42 Å². The molecule has 0 amide bonds. The smallest absolute Gasteiger partial charge is 0.176 e. The fourth-order valence-corrected chi connectivity index (χ4v) is 3.98. The lowest BCUT2D eigenvalue weighted by atomic mass is 10.0. The van der Waals surface area contributed by atoms with Crippen LogP contribution in [0.15, 0.2) is 21.9 Å². The van der Waals surface area contributed by atoms with Crippen LogP contribution in [-0.2, 0) is 9.84 Å². The van der Waals surface area contributed by atoms with Crippen LogP contribution in [0.25, 0.3) is 0 Å². The molecule has 17 heavy (non-hydrogen) atoms. The van der Waals surface area contributed by atoms with Gasteiger partial charge < -0.3 is 5.11 Å².